The summed E-state index contributed by atoms with van der Waals surface area (Å²) in [5.41, 5.74) is 7.05. The molecular formula is C15H26N4O. The molecule has 0 radical (unpaired) electrons. The van der Waals surface area contributed by atoms with Gasteiger partial charge in [0.2, 0.25) is 0 Å². The fourth-order valence-corrected chi connectivity index (χ4v) is 2.63. The van der Waals surface area contributed by atoms with Crippen LogP contribution in [0.3, 0.4) is 0 Å². The summed E-state index contributed by atoms with van der Waals surface area (Å²) in [5, 5.41) is 0. The van der Waals surface area contributed by atoms with Gasteiger partial charge in [-0.3, -0.25) is 0 Å². The van der Waals surface area contributed by atoms with Crippen molar-refractivity contribution in [1.29, 1.82) is 0 Å². The highest BCUT2D eigenvalue weighted by Gasteiger charge is 2.28. The van der Waals surface area contributed by atoms with E-state index in [1.807, 2.05) is 6.92 Å². The number of hydrogen-bond donors (Lipinski definition) is 1. The normalized spacial score (nSPS) is 23.1. The van der Waals surface area contributed by atoms with Gasteiger partial charge in [0.1, 0.15) is 17.5 Å². The summed E-state index contributed by atoms with van der Waals surface area (Å²) < 4.78 is 5.76. The van der Waals surface area contributed by atoms with Gasteiger partial charge in [-0.05, 0) is 26.7 Å². The largest absolute Gasteiger partial charge is 0.383 e. The number of nitrogens with zero attached hydrogens (tertiary/aromatic N) is 3. The molecular weight excluding hydrogens is 252 g/mol. The van der Waals surface area contributed by atoms with Crippen LogP contribution in [0.2, 0.25) is 0 Å². The number of hydrogen-bond acceptors (Lipinski definition) is 5. The second-order valence-electron chi connectivity index (χ2n) is 5.58. The predicted octanol–water partition coefficient (Wildman–Crippen LogP) is 2.32. The number of aryl methyl sites for hydroxylation is 1. The molecule has 2 unspecified atom stereocenters. The minimum atomic E-state index is 0.225. The molecule has 2 rings (SSSR count). The molecule has 1 aliphatic heterocycles. The Morgan fingerprint density at radius 3 is 2.75 bits per heavy atom. The van der Waals surface area contributed by atoms with Crippen molar-refractivity contribution >= 4 is 11.6 Å². The fraction of sp³-hybridized carbons (Fsp3) is 0.733. The van der Waals surface area contributed by atoms with Gasteiger partial charge >= 0.3 is 0 Å². The van der Waals surface area contributed by atoms with Gasteiger partial charge in [-0.1, -0.05) is 13.8 Å². The molecule has 2 atom stereocenters. The average molecular weight is 278 g/mol. The van der Waals surface area contributed by atoms with Gasteiger partial charge in [0.05, 0.1) is 18.8 Å². The number of rotatable bonds is 4. The van der Waals surface area contributed by atoms with Crippen molar-refractivity contribution in [2.45, 2.75) is 59.1 Å². The summed E-state index contributed by atoms with van der Waals surface area (Å²) in [6, 6.07) is 0.369. The topological polar surface area (TPSA) is 64.3 Å². The van der Waals surface area contributed by atoms with Gasteiger partial charge in [0.15, 0.2) is 0 Å². The van der Waals surface area contributed by atoms with E-state index in [2.05, 4.69) is 30.7 Å². The van der Waals surface area contributed by atoms with Crippen LogP contribution in [0.4, 0.5) is 11.6 Å². The number of morpholine rings is 1. The maximum absolute atomic E-state index is 6.07. The Morgan fingerprint density at radius 2 is 2.10 bits per heavy atom. The summed E-state index contributed by atoms with van der Waals surface area (Å²) in [5.74, 6) is 2.44. The van der Waals surface area contributed by atoms with E-state index in [1.54, 1.807) is 0 Å². The Morgan fingerprint density at radius 1 is 1.35 bits per heavy atom. The maximum atomic E-state index is 6.07. The molecule has 1 fully saturated rings. The first-order valence-electron chi connectivity index (χ1n) is 7.58. The summed E-state index contributed by atoms with van der Waals surface area (Å²) in [7, 11) is 0. The van der Waals surface area contributed by atoms with Gasteiger partial charge in [-0.25, -0.2) is 9.97 Å². The van der Waals surface area contributed by atoms with Crippen molar-refractivity contribution in [1.82, 2.24) is 9.97 Å². The zero-order valence-corrected chi connectivity index (χ0v) is 13.0. The zero-order chi connectivity index (χ0) is 14.7. The molecule has 0 spiro atoms. The molecule has 5 heteroatoms. The lowest BCUT2D eigenvalue weighted by molar-refractivity contribution is 0.0295. The van der Waals surface area contributed by atoms with Crippen molar-refractivity contribution in [2.75, 3.05) is 23.8 Å². The molecule has 1 aliphatic rings. The first-order chi connectivity index (χ1) is 9.56. The Kier molecular flexibility index (Phi) is 4.81. The smallest absolute Gasteiger partial charge is 0.137 e. The molecule has 0 aliphatic carbocycles. The number of ether oxygens (including phenoxy) is 1. The summed E-state index contributed by atoms with van der Waals surface area (Å²) in [6.45, 7) is 10.0. The third-order valence-electron chi connectivity index (χ3n) is 3.89. The molecule has 0 saturated carbocycles. The van der Waals surface area contributed by atoms with Crippen LogP contribution < -0.4 is 10.6 Å². The van der Waals surface area contributed by atoms with E-state index < -0.39 is 0 Å². The lowest BCUT2D eigenvalue weighted by Gasteiger charge is -2.40. The van der Waals surface area contributed by atoms with E-state index in [0.717, 1.165) is 49.6 Å². The molecule has 2 heterocycles. The monoisotopic (exact) mass is 278 g/mol. The minimum Gasteiger partial charge on any atom is -0.383 e. The van der Waals surface area contributed by atoms with Crippen LogP contribution in [0.15, 0.2) is 0 Å². The zero-order valence-electron chi connectivity index (χ0n) is 13.0. The van der Waals surface area contributed by atoms with Gasteiger partial charge in [0, 0.05) is 18.5 Å². The van der Waals surface area contributed by atoms with Crippen molar-refractivity contribution in [3.63, 3.8) is 0 Å². The first-order valence-corrected chi connectivity index (χ1v) is 7.58. The third kappa shape index (κ3) is 3.03. The molecule has 20 heavy (non-hydrogen) atoms. The molecule has 0 aromatic carbocycles. The van der Waals surface area contributed by atoms with Crippen LogP contribution in [-0.4, -0.2) is 35.3 Å². The molecule has 112 valence electrons. The Balaban J connectivity index is 2.37. The SMILES string of the molecule is CCCc1nc(N)c(C)c(N2CC(C)OCC2CC)n1. The molecule has 2 N–H and O–H groups in total. The van der Waals surface area contributed by atoms with Crippen molar-refractivity contribution in [3.8, 4) is 0 Å². The summed E-state index contributed by atoms with van der Waals surface area (Å²) in [6.07, 6.45) is 3.16. The quantitative estimate of drug-likeness (QED) is 0.915. The molecule has 0 amide bonds. The highest BCUT2D eigenvalue weighted by molar-refractivity contribution is 5.57. The predicted molar refractivity (Wildman–Crippen MR) is 82.0 cm³/mol. The Bertz CT molecular complexity index is 463. The van der Waals surface area contributed by atoms with Gasteiger partial charge < -0.3 is 15.4 Å². The average Bonchev–Trinajstić information content (AvgIpc) is 2.43. The fourth-order valence-electron chi connectivity index (χ4n) is 2.63. The Labute approximate surface area is 121 Å². The lowest BCUT2D eigenvalue weighted by atomic mass is 10.1. The van der Waals surface area contributed by atoms with E-state index in [-0.39, 0.29) is 6.10 Å². The van der Waals surface area contributed by atoms with Crippen LogP contribution in [0.1, 0.15) is 45.0 Å². The number of aromatic nitrogens is 2. The number of nitrogens with two attached hydrogens (primary N) is 1. The van der Waals surface area contributed by atoms with Crippen molar-refractivity contribution in [2.24, 2.45) is 0 Å². The third-order valence-corrected chi connectivity index (χ3v) is 3.89. The van der Waals surface area contributed by atoms with Crippen LogP contribution in [-0.2, 0) is 11.2 Å². The van der Waals surface area contributed by atoms with Crippen molar-refractivity contribution < 1.29 is 4.74 Å². The van der Waals surface area contributed by atoms with Crippen LogP contribution in [0.25, 0.3) is 0 Å². The molecule has 5 nitrogen and oxygen atoms in total. The van der Waals surface area contributed by atoms with E-state index in [1.165, 1.54) is 0 Å². The highest BCUT2D eigenvalue weighted by Crippen LogP contribution is 2.27. The highest BCUT2D eigenvalue weighted by atomic mass is 16.5. The molecule has 1 aromatic rings. The number of anilines is 2. The second-order valence-corrected chi connectivity index (χ2v) is 5.58. The molecule has 1 saturated heterocycles. The van der Waals surface area contributed by atoms with Gasteiger partial charge in [-0.2, -0.15) is 0 Å². The maximum Gasteiger partial charge on any atom is 0.137 e. The number of nitrogen functional groups attached to an aromatic ring is 1. The molecule has 1 aromatic heterocycles. The van der Waals surface area contributed by atoms with Crippen LogP contribution in [0, 0.1) is 6.92 Å². The Hall–Kier alpha value is -1.36. The van der Waals surface area contributed by atoms with Gasteiger partial charge in [-0.15, -0.1) is 0 Å². The van der Waals surface area contributed by atoms with Gasteiger partial charge in [0.25, 0.3) is 0 Å². The van der Waals surface area contributed by atoms with E-state index in [0.29, 0.717) is 11.9 Å². The van der Waals surface area contributed by atoms with E-state index >= 15 is 0 Å². The second kappa shape index (κ2) is 6.39. The minimum absolute atomic E-state index is 0.225. The lowest BCUT2D eigenvalue weighted by Crippen LogP contribution is -2.49. The van der Waals surface area contributed by atoms with Crippen LogP contribution in [0.5, 0.6) is 0 Å². The summed E-state index contributed by atoms with van der Waals surface area (Å²) >= 11 is 0. The van der Waals surface area contributed by atoms with E-state index in [4.69, 9.17) is 15.5 Å². The molecule has 0 bridgehead atoms. The first kappa shape index (κ1) is 15.0. The van der Waals surface area contributed by atoms with Crippen molar-refractivity contribution in [3.05, 3.63) is 11.4 Å². The van der Waals surface area contributed by atoms with Crippen LogP contribution >= 0.6 is 0 Å². The summed E-state index contributed by atoms with van der Waals surface area (Å²) in [4.78, 5) is 11.5. The van der Waals surface area contributed by atoms with E-state index in [9.17, 15) is 0 Å². The standard InChI is InChI=1S/C15H26N4O/c1-5-7-13-17-14(16)11(4)15(18-13)19-8-10(3)20-9-12(19)6-2/h10,12H,5-9H2,1-4H3,(H2,16,17,18).